The highest BCUT2D eigenvalue weighted by Crippen LogP contribution is 2.31. The lowest BCUT2D eigenvalue weighted by molar-refractivity contribution is 0.105. The fourth-order valence-corrected chi connectivity index (χ4v) is 3.18. The Morgan fingerprint density at radius 1 is 1.20 bits per heavy atom. The number of rotatable bonds is 5. The van der Waals surface area contributed by atoms with E-state index in [1.54, 1.807) is 24.3 Å². The Balaban J connectivity index is 2.50. The molecule has 1 aromatic carbocycles. The van der Waals surface area contributed by atoms with Crippen LogP contribution in [-0.2, 0) is 0 Å². The second-order valence-corrected chi connectivity index (χ2v) is 6.05. The largest absolute Gasteiger partial charge is 0.287 e. The highest BCUT2D eigenvalue weighted by atomic mass is 35.5. The van der Waals surface area contributed by atoms with E-state index in [0.29, 0.717) is 16.3 Å². The Bertz CT molecular complexity index is 618. The molecule has 4 nitrogen and oxygen atoms in total. The molecule has 0 fully saturated rings. The Morgan fingerprint density at radius 2 is 1.85 bits per heavy atom. The van der Waals surface area contributed by atoms with Gasteiger partial charge in [0.05, 0.1) is 4.24 Å². The first-order valence-corrected chi connectivity index (χ1v) is 8.47. The van der Waals surface area contributed by atoms with Crippen molar-refractivity contribution in [3.05, 3.63) is 51.7 Å². The van der Waals surface area contributed by atoms with Gasteiger partial charge in [-0.05, 0) is 36.8 Å². The van der Waals surface area contributed by atoms with Crippen LogP contribution in [0.4, 0.5) is 0 Å². The van der Waals surface area contributed by atoms with Crippen molar-refractivity contribution >= 4 is 46.6 Å². The number of hydrogen-bond donors (Lipinski definition) is 0. The molecule has 0 amide bonds. The molecule has 0 aliphatic carbocycles. The molecule has 0 saturated heterocycles. The highest BCUT2D eigenvalue weighted by molar-refractivity contribution is 8.22. The molecule has 0 aliphatic heterocycles. The fourth-order valence-electron chi connectivity index (χ4n) is 1.63. The smallest absolute Gasteiger partial charge is 0.213 e. The zero-order chi connectivity index (χ0) is 14.5. The van der Waals surface area contributed by atoms with E-state index in [0.717, 1.165) is 4.24 Å². The van der Waals surface area contributed by atoms with Crippen LogP contribution in [0.5, 0.6) is 0 Å². The molecule has 7 heteroatoms. The Labute approximate surface area is 130 Å². The summed E-state index contributed by atoms with van der Waals surface area (Å²) in [5.41, 5.74) is 1.07. The molecular formula is C13H12ClN3OS2. The van der Waals surface area contributed by atoms with E-state index in [4.69, 9.17) is 11.6 Å². The molecule has 0 radical (unpaired) electrons. The predicted octanol–water partition coefficient (Wildman–Crippen LogP) is 3.67. The number of halogens is 1. The van der Waals surface area contributed by atoms with Gasteiger partial charge in [-0.3, -0.25) is 4.79 Å². The van der Waals surface area contributed by atoms with Crippen LogP contribution in [0.1, 0.15) is 10.4 Å². The minimum atomic E-state index is -0.106. The van der Waals surface area contributed by atoms with E-state index < -0.39 is 0 Å². The molecule has 1 heterocycles. The topological polar surface area (TPSA) is 47.8 Å². The van der Waals surface area contributed by atoms with Crippen molar-refractivity contribution in [2.24, 2.45) is 0 Å². The molecule has 2 rings (SSSR count). The SMILES string of the molecule is CSC(SC)=C(C(=O)c1ccc(Cl)cc1)n1cncn1. The molecule has 0 bridgehead atoms. The van der Waals surface area contributed by atoms with Crippen molar-refractivity contribution in [1.29, 1.82) is 0 Å². The normalized spacial score (nSPS) is 10.3. The number of benzene rings is 1. The van der Waals surface area contributed by atoms with Crippen molar-refractivity contribution in [2.75, 3.05) is 12.5 Å². The summed E-state index contributed by atoms with van der Waals surface area (Å²) in [6.07, 6.45) is 6.79. The quantitative estimate of drug-likeness (QED) is 0.620. The molecule has 0 unspecified atom stereocenters. The monoisotopic (exact) mass is 325 g/mol. The van der Waals surface area contributed by atoms with E-state index in [1.807, 2.05) is 12.5 Å². The van der Waals surface area contributed by atoms with Crippen molar-refractivity contribution in [3.63, 3.8) is 0 Å². The van der Waals surface area contributed by atoms with E-state index >= 15 is 0 Å². The standard InChI is InChI=1S/C13H12ClN3OS2/c1-19-13(20-2)11(17-8-15-7-16-17)12(18)9-3-5-10(14)6-4-9/h3-8H,1-2H3. The van der Waals surface area contributed by atoms with Crippen LogP contribution in [0.15, 0.2) is 41.2 Å². The van der Waals surface area contributed by atoms with Gasteiger partial charge in [-0.15, -0.1) is 23.5 Å². The van der Waals surface area contributed by atoms with E-state index in [2.05, 4.69) is 10.1 Å². The molecule has 0 N–H and O–H groups in total. The van der Waals surface area contributed by atoms with Crippen LogP contribution in [0.3, 0.4) is 0 Å². The number of allylic oxidation sites excluding steroid dienone is 1. The first-order valence-electron chi connectivity index (χ1n) is 5.65. The third-order valence-electron chi connectivity index (χ3n) is 2.53. The van der Waals surface area contributed by atoms with Gasteiger partial charge >= 0.3 is 0 Å². The van der Waals surface area contributed by atoms with Crippen molar-refractivity contribution < 1.29 is 4.79 Å². The van der Waals surface area contributed by atoms with Gasteiger partial charge in [-0.25, -0.2) is 9.67 Å². The summed E-state index contributed by atoms with van der Waals surface area (Å²) in [4.78, 5) is 16.6. The van der Waals surface area contributed by atoms with Gasteiger partial charge in [0.15, 0.2) is 0 Å². The number of Topliss-reactive ketones (excluding diaryl/α,β-unsaturated/α-hetero) is 1. The fraction of sp³-hybridized carbons (Fsp3) is 0.154. The number of ketones is 1. The van der Waals surface area contributed by atoms with Gasteiger partial charge < -0.3 is 0 Å². The highest BCUT2D eigenvalue weighted by Gasteiger charge is 2.19. The average molecular weight is 326 g/mol. The van der Waals surface area contributed by atoms with Crippen LogP contribution in [0.25, 0.3) is 5.70 Å². The number of carbonyl (C=O) groups is 1. The zero-order valence-electron chi connectivity index (χ0n) is 10.9. The van der Waals surface area contributed by atoms with Gasteiger partial charge in [0.1, 0.15) is 18.4 Å². The lowest BCUT2D eigenvalue weighted by Gasteiger charge is -2.11. The van der Waals surface area contributed by atoms with Crippen molar-refractivity contribution in [1.82, 2.24) is 14.8 Å². The van der Waals surface area contributed by atoms with Crippen LogP contribution in [0.2, 0.25) is 5.02 Å². The molecule has 2 aromatic rings. The third-order valence-corrected chi connectivity index (χ3v) is 4.91. The molecule has 104 valence electrons. The van der Waals surface area contributed by atoms with E-state index in [-0.39, 0.29) is 5.78 Å². The van der Waals surface area contributed by atoms with Crippen molar-refractivity contribution in [3.8, 4) is 0 Å². The predicted molar refractivity (Wildman–Crippen MR) is 86.1 cm³/mol. The molecule has 0 aliphatic rings. The first kappa shape index (κ1) is 15.2. The summed E-state index contributed by atoms with van der Waals surface area (Å²) in [7, 11) is 0. The molecule has 0 spiro atoms. The van der Waals surface area contributed by atoms with Gasteiger partial charge in [0, 0.05) is 10.6 Å². The van der Waals surface area contributed by atoms with Gasteiger partial charge in [-0.1, -0.05) is 11.6 Å². The summed E-state index contributed by atoms with van der Waals surface area (Å²) >= 11 is 8.87. The maximum Gasteiger partial charge on any atom is 0.213 e. The summed E-state index contributed by atoms with van der Waals surface area (Å²) < 4.78 is 2.38. The molecular weight excluding hydrogens is 314 g/mol. The van der Waals surface area contributed by atoms with Gasteiger partial charge in [0.2, 0.25) is 5.78 Å². The Kier molecular flexibility index (Phi) is 5.28. The molecule has 0 atom stereocenters. The van der Waals surface area contributed by atoms with Crippen LogP contribution >= 0.6 is 35.1 Å². The van der Waals surface area contributed by atoms with Crippen LogP contribution < -0.4 is 0 Å². The molecule has 20 heavy (non-hydrogen) atoms. The average Bonchev–Trinajstić information content (AvgIpc) is 2.98. The van der Waals surface area contributed by atoms with E-state index in [1.165, 1.54) is 40.9 Å². The van der Waals surface area contributed by atoms with Gasteiger partial charge in [0.25, 0.3) is 0 Å². The first-order chi connectivity index (χ1) is 9.67. The number of carbonyl (C=O) groups excluding carboxylic acids is 1. The minimum absolute atomic E-state index is 0.106. The van der Waals surface area contributed by atoms with Crippen LogP contribution in [0, 0.1) is 0 Å². The summed E-state index contributed by atoms with van der Waals surface area (Å²) in [5.74, 6) is -0.106. The Hall–Kier alpha value is -1.24. The van der Waals surface area contributed by atoms with Crippen molar-refractivity contribution in [2.45, 2.75) is 0 Å². The lowest BCUT2D eigenvalue weighted by Crippen LogP contribution is -2.11. The second-order valence-electron chi connectivity index (χ2n) is 3.72. The Morgan fingerprint density at radius 3 is 2.35 bits per heavy atom. The zero-order valence-corrected chi connectivity index (χ0v) is 13.3. The number of hydrogen-bond acceptors (Lipinski definition) is 5. The number of aromatic nitrogens is 3. The maximum atomic E-state index is 12.7. The second kappa shape index (κ2) is 6.97. The van der Waals surface area contributed by atoms with Crippen LogP contribution in [-0.4, -0.2) is 33.1 Å². The summed E-state index contributed by atoms with van der Waals surface area (Å²) in [5, 5.41) is 4.67. The molecule has 0 saturated carbocycles. The lowest BCUT2D eigenvalue weighted by atomic mass is 10.1. The minimum Gasteiger partial charge on any atom is -0.287 e. The van der Waals surface area contributed by atoms with E-state index in [9.17, 15) is 4.79 Å². The number of nitrogens with zero attached hydrogens (tertiary/aromatic N) is 3. The molecule has 1 aromatic heterocycles. The van der Waals surface area contributed by atoms with Gasteiger partial charge in [-0.2, -0.15) is 5.10 Å². The number of thioether (sulfide) groups is 2. The maximum absolute atomic E-state index is 12.7. The summed E-state index contributed by atoms with van der Waals surface area (Å²) in [6, 6.07) is 6.82. The summed E-state index contributed by atoms with van der Waals surface area (Å²) in [6.45, 7) is 0. The third kappa shape index (κ3) is 3.26.